The number of fused-ring (bicyclic) bond motifs is 1. The van der Waals surface area contributed by atoms with Crippen molar-refractivity contribution in [1.29, 1.82) is 5.26 Å². The molecule has 2 aliphatic rings. The Morgan fingerprint density at radius 3 is 2.74 bits per heavy atom. The van der Waals surface area contributed by atoms with Gasteiger partial charge in [0.25, 0.3) is 0 Å². The highest BCUT2D eigenvalue weighted by atomic mass is 16.2. The molecule has 3 aromatic heterocycles. The lowest BCUT2D eigenvalue weighted by atomic mass is 9.75. The van der Waals surface area contributed by atoms with Gasteiger partial charge in [-0.15, -0.1) is 0 Å². The van der Waals surface area contributed by atoms with E-state index < -0.39 is 5.41 Å². The smallest absolute Gasteiger partial charge is 0.248 e. The summed E-state index contributed by atoms with van der Waals surface area (Å²) in [6.45, 7) is 2.59. The summed E-state index contributed by atoms with van der Waals surface area (Å²) in [4.78, 5) is 15.1. The standard InChI is InChI=1S/C20H20N6O/c1-13-9-25(19(27)20(13,12-21)16-3-4-16)17-5-6-22-26-11-14(7-18(17)26)15-8-23-24(2)10-15/h5-8,10-11,13,16H,3-4,9H2,1-2H3/t13-,20-/m0/s1. The number of carbonyl (C=O) groups is 1. The van der Waals surface area contributed by atoms with Crippen LogP contribution in [-0.2, 0) is 11.8 Å². The minimum absolute atomic E-state index is 0.0171. The number of nitriles is 1. The van der Waals surface area contributed by atoms with Crippen LogP contribution in [0.2, 0.25) is 0 Å². The number of anilines is 1. The van der Waals surface area contributed by atoms with Crippen molar-refractivity contribution in [2.45, 2.75) is 19.8 Å². The lowest BCUT2D eigenvalue weighted by Gasteiger charge is -2.23. The molecule has 1 aliphatic carbocycles. The average Bonchev–Trinajstić information content (AvgIpc) is 3.16. The topological polar surface area (TPSA) is 79.2 Å². The Hall–Kier alpha value is -3.14. The lowest BCUT2D eigenvalue weighted by Crippen LogP contribution is -2.37. The molecule has 3 aromatic rings. The van der Waals surface area contributed by atoms with E-state index >= 15 is 0 Å². The van der Waals surface area contributed by atoms with Crippen molar-refractivity contribution in [2.75, 3.05) is 11.4 Å². The third-order valence-corrected chi connectivity index (χ3v) is 6.05. The van der Waals surface area contributed by atoms with Gasteiger partial charge in [-0.2, -0.15) is 15.5 Å². The second-order valence-corrected chi connectivity index (χ2v) is 7.75. The van der Waals surface area contributed by atoms with Crippen LogP contribution in [0.3, 0.4) is 0 Å². The molecule has 0 unspecified atom stereocenters. The van der Waals surface area contributed by atoms with Gasteiger partial charge >= 0.3 is 0 Å². The number of hydrogen-bond acceptors (Lipinski definition) is 4. The number of rotatable bonds is 3. The molecule has 7 nitrogen and oxygen atoms in total. The van der Waals surface area contributed by atoms with Crippen LogP contribution in [0.15, 0.2) is 36.9 Å². The summed E-state index contributed by atoms with van der Waals surface area (Å²) in [7, 11) is 1.88. The molecule has 7 heteroatoms. The third kappa shape index (κ3) is 2.16. The van der Waals surface area contributed by atoms with E-state index in [1.807, 2.05) is 44.7 Å². The van der Waals surface area contributed by atoms with Crippen LogP contribution < -0.4 is 4.90 Å². The maximum Gasteiger partial charge on any atom is 0.248 e. The Morgan fingerprint density at radius 1 is 1.26 bits per heavy atom. The molecule has 1 saturated carbocycles. The van der Waals surface area contributed by atoms with E-state index in [0.29, 0.717) is 6.54 Å². The Kier molecular flexibility index (Phi) is 3.23. The van der Waals surface area contributed by atoms with Gasteiger partial charge in [0.2, 0.25) is 5.91 Å². The average molecular weight is 360 g/mol. The number of aryl methyl sites for hydroxylation is 1. The zero-order valence-electron chi connectivity index (χ0n) is 15.3. The normalized spacial score (nSPS) is 25.3. The van der Waals surface area contributed by atoms with Gasteiger partial charge in [-0.05, 0) is 30.9 Å². The minimum atomic E-state index is -0.876. The molecule has 27 heavy (non-hydrogen) atoms. The Labute approximate surface area is 156 Å². The van der Waals surface area contributed by atoms with Crippen molar-refractivity contribution in [3.8, 4) is 17.2 Å². The van der Waals surface area contributed by atoms with Crippen LogP contribution in [0, 0.1) is 28.6 Å². The second-order valence-electron chi connectivity index (χ2n) is 7.75. The van der Waals surface area contributed by atoms with Crippen LogP contribution in [-0.4, -0.2) is 31.8 Å². The van der Waals surface area contributed by atoms with Crippen LogP contribution >= 0.6 is 0 Å². The zero-order chi connectivity index (χ0) is 18.8. The number of hydrogen-bond donors (Lipinski definition) is 0. The van der Waals surface area contributed by atoms with Crippen LogP contribution in [0.5, 0.6) is 0 Å². The van der Waals surface area contributed by atoms with Crippen molar-refractivity contribution < 1.29 is 4.79 Å². The van der Waals surface area contributed by atoms with Gasteiger partial charge in [-0.25, -0.2) is 4.52 Å². The molecule has 1 amide bonds. The van der Waals surface area contributed by atoms with E-state index in [9.17, 15) is 10.1 Å². The number of amides is 1. The lowest BCUT2D eigenvalue weighted by molar-refractivity contribution is -0.124. The Bertz CT molecular complexity index is 1100. The van der Waals surface area contributed by atoms with E-state index in [-0.39, 0.29) is 17.7 Å². The summed E-state index contributed by atoms with van der Waals surface area (Å²) in [6, 6.07) is 6.29. The van der Waals surface area contributed by atoms with E-state index in [0.717, 1.165) is 35.2 Å². The van der Waals surface area contributed by atoms with Gasteiger partial charge in [-0.1, -0.05) is 6.92 Å². The SMILES string of the molecule is C[C@H]1CN(c2ccnn3cc(-c4cnn(C)c4)cc23)C(=O)[C@]1(C#N)C1CC1. The van der Waals surface area contributed by atoms with Crippen molar-refractivity contribution in [2.24, 2.45) is 24.3 Å². The van der Waals surface area contributed by atoms with Gasteiger partial charge in [0.05, 0.1) is 23.5 Å². The first-order valence-corrected chi connectivity index (χ1v) is 9.24. The van der Waals surface area contributed by atoms with E-state index in [1.165, 1.54) is 0 Å². The molecule has 0 radical (unpaired) electrons. The minimum Gasteiger partial charge on any atom is -0.309 e. The van der Waals surface area contributed by atoms with Crippen LogP contribution in [0.4, 0.5) is 5.69 Å². The van der Waals surface area contributed by atoms with Gasteiger partial charge in [0.1, 0.15) is 5.41 Å². The highest BCUT2D eigenvalue weighted by Crippen LogP contribution is 2.54. The number of nitrogens with zero attached hydrogens (tertiary/aromatic N) is 6. The van der Waals surface area contributed by atoms with Gasteiger partial charge < -0.3 is 4.90 Å². The Morgan fingerprint density at radius 2 is 2.07 bits per heavy atom. The van der Waals surface area contributed by atoms with Crippen molar-refractivity contribution in [3.05, 3.63) is 36.9 Å². The highest BCUT2D eigenvalue weighted by Gasteiger charge is 2.61. The molecule has 1 saturated heterocycles. The number of aromatic nitrogens is 4. The van der Waals surface area contributed by atoms with E-state index in [1.54, 1.807) is 20.3 Å². The molecule has 4 heterocycles. The largest absolute Gasteiger partial charge is 0.309 e. The van der Waals surface area contributed by atoms with Gasteiger partial charge in [-0.3, -0.25) is 9.48 Å². The molecule has 1 aliphatic heterocycles. The predicted molar refractivity (Wildman–Crippen MR) is 99.7 cm³/mol. The maximum absolute atomic E-state index is 13.3. The summed E-state index contributed by atoms with van der Waals surface area (Å²) in [5, 5.41) is 18.5. The third-order valence-electron chi connectivity index (χ3n) is 6.05. The first-order valence-electron chi connectivity index (χ1n) is 9.24. The van der Waals surface area contributed by atoms with E-state index in [2.05, 4.69) is 16.3 Å². The summed E-state index contributed by atoms with van der Waals surface area (Å²) in [5.41, 5.74) is 2.80. The zero-order valence-corrected chi connectivity index (χ0v) is 15.3. The second kappa shape index (κ2) is 5.43. The molecule has 0 bridgehead atoms. The molecular formula is C20H20N6O. The summed E-state index contributed by atoms with van der Waals surface area (Å²) in [5.74, 6) is 0.159. The van der Waals surface area contributed by atoms with Crippen molar-refractivity contribution in [1.82, 2.24) is 19.4 Å². The van der Waals surface area contributed by atoms with Crippen LogP contribution in [0.1, 0.15) is 19.8 Å². The Balaban J connectivity index is 1.60. The fourth-order valence-electron chi connectivity index (χ4n) is 4.46. The van der Waals surface area contributed by atoms with Gasteiger partial charge in [0, 0.05) is 49.2 Å². The molecule has 5 rings (SSSR count). The molecule has 136 valence electrons. The first-order chi connectivity index (χ1) is 13.0. The summed E-state index contributed by atoms with van der Waals surface area (Å²) < 4.78 is 3.55. The van der Waals surface area contributed by atoms with Crippen molar-refractivity contribution in [3.63, 3.8) is 0 Å². The van der Waals surface area contributed by atoms with Gasteiger partial charge in [0.15, 0.2) is 0 Å². The molecular weight excluding hydrogens is 340 g/mol. The maximum atomic E-state index is 13.3. The monoisotopic (exact) mass is 360 g/mol. The fourth-order valence-corrected chi connectivity index (χ4v) is 4.46. The fraction of sp³-hybridized carbons (Fsp3) is 0.400. The first kappa shape index (κ1) is 16.1. The quantitative estimate of drug-likeness (QED) is 0.719. The van der Waals surface area contributed by atoms with Crippen molar-refractivity contribution >= 4 is 17.1 Å². The molecule has 0 aromatic carbocycles. The summed E-state index contributed by atoms with van der Waals surface area (Å²) in [6.07, 6.45) is 9.35. The summed E-state index contributed by atoms with van der Waals surface area (Å²) >= 11 is 0. The predicted octanol–water partition coefficient (Wildman–Crippen LogP) is 2.64. The molecule has 0 N–H and O–H groups in total. The van der Waals surface area contributed by atoms with Crippen LogP contribution in [0.25, 0.3) is 16.6 Å². The highest BCUT2D eigenvalue weighted by molar-refractivity contribution is 6.05. The molecule has 2 fully saturated rings. The van der Waals surface area contributed by atoms with E-state index in [4.69, 9.17) is 0 Å². The number of carbonyl (C=O) groups excluding carboxylic acids is 1. The molecule has 2 atom stereocenters. The molecule has 0 spiro atoms.